The van der Waals surface area contributed by atoms with E-state index >= 15 is 0 Å². The second-order valence-corrected chi connectivity index (χ2v) is 7.45. The summed E-state index contributed by atoms with van der Waals surface area (Å²) in [6.45, 7) is 1.83. The van der Waals surface area contributed by atoms with E-state index in [0.717, 1.165) is 31.5 Å². The van der Waals surface area contributed by atoms with Crippen LogP contribution in [0.25, 0.3) is 11.4 Å². The fourth-order valence-corrected chi connectivity index (χ4v) is 3.59. The lowest BCUT2D eigenvalue weighted by atomic mass is 9.97. The molecule has 2 heterocycles. The molecule has 8 heteroatoms. The van der Waals surface area contributed by atoms with Crippen molar-refractivity contribution in [2.75, 3.05) is 25.0 Å². The second-order valence-electron chi connectivity index (χ2n) is 7.04. The molecule has 0 radical (unpaired) electrons. The van der Waals surface area contributed by atoms with Gasteiger partial charge in [0, 0.05) is 11.5 Å². The lowest BCUT2D eigenvalue weighted by Gasteiger charge is -2.29. The van der Waals surface area contributed by atoms with Gasteiger partial charge in [0.05, 0.1) is 17.3 Å². The predicted molar refractivity (Wildman–Crippen MR) is 108 cm³/mol. The number of nitrogens with zero attached hydrogens (tertiary/aromatic N) is 3. The van der Waals surface area contributed by atoms with Gasteiger partial charge in [0.2, 0.25) is 17.6 Å². The lowest BCUT2D eigenvalue weighted by molar-refractivity contribution is -0.117. The van der Waals surface area contributed by atoms with E-state index in [1.165, 1.54) is 12.1 Å². The van der Waals surface area contributed by atoms with E-state index in [1.807, 2.05) is 12.1 Å². The van der Waals surface area contributed by atoms with Gasteiger partial charge in [0.1, 0.15) is 5.82 Å². The van der Waals surface area contributed by atoms with Crippen molar-refractivity contribution in [3.05, 3.63) is 65.3 Å². The predicted octanol–water partition coefficient (Wildman–Crippen LogP) is 4.35. The minimum absolute atomic E-state index is 0.0899. The standard InChI is InChI=1S/C21H20ClFN4O2/c22-17-3-1-2-4-18(17)24-19(28)13-27-11-9-15(10-12-27)21-25-20(26-29-21)14-5-7-16(23)8-6-14/h1-8,15H,9-13H2,(H,24,28). The van der Waals surface area contributed by atoms with Crippen LogP contribution in [0.1, 0.15) is 24.7 Å². The van der Waals surface area contributed by atoms with Crippen LogP contribution in [-0.2, 0) is 4.79 Å². The van der Waals surface area contributed by atoms with Gasteiger partial charge >= 0.3 is 0 Å². The number of halogens is 2. The fraction of sp³-hybridized carbons (Fsp3) is 0.286. The molecule has 1 N–H and O–H groups in total. The van der Waals surface area contributed by atoms with Gasteiger partial charge in [0.25, 0.3) is 0 Å². The molecule has 2 aromatic carbocycles. The molecule has 0 unspecified atom stereocenters. The van der Waals surface area contributed by atoms with E-state index in [1.54, 1.807) is 24.3 Å². The molecule has 6 nitrogen and oxygen atoms in total. The SMILES string of the molecule is O=C(CN1CCC(c2nc(-c3ccc(F)cc3)no2)CC1)Nc1ccccc1Cl. The van der Waals surface area contributed by atoms with E-state index in [0.29, 0.717) is 29.0 Å². The van der Waals surface area contributed by atoms with Gasteiger partial charge in [-0.05, 0) is 62.3 Å². The molecule has 1 aromatic heterocycles. The molecule has 0 atom stereocenters. The summed E-state index contributed by atoms with van der Waals surface area (Å²) in [7, 11) is 0. The number of aromatic nitrogens is 2. The van der Waals surface area contributed by atoms with Crippen molar-refractivity contribution in [3.63, 3.8) is 0 Å². The first-order valence-corrected chi connectivity index (χ1v) is 9.82. The van der Waals surface area contributed by atoms with Crippen LogP contribution in [0.15, 0.2) is 53.1 Å². The number of piperidine rings is 1. The quantitative estimate of drug-likeness (QED) is 0.672. The normalized spacial score (nSPS) is 15.4. The molecule has 0 spiro atoms. The lowest BCUT2D eigenvalue weighted by Crippen LogP contribution is -2.38. The molecule has 4 rings (SSSR count). The van der Waals surface area contributed by atoms with Crippen molar-refractivity contribution in [1.82, 2.24) is 15.0 Å². The maximum Gasteiger partial charge on any atom is 0.238 e. The molecule has 1 amide bonds. The zero-order valence-corrected chi connectivity index (χ0v) is 16.4. The Hall–Kier alpha value is -2.77. The molecule has 29 heavy (non-hydrogen) atoms. The average molecular weight is 415 g/mol. The topological polar surface area (TPSA) is 71.3 Å². The Labute approximate surface area is 172 Å². The maximum absolute atomic E-state index is 13.1. The number of nitrogens with one attached hydrogen (secondary N) is 1. The molecule has 150 valence electrons. The van der Waals surface area contributed by atoms with Crippen LogP contribution < -0.4 is 5.32 Å². The second kappa shape index (κ2) is 8.71. The van der Waals surface area contributed by atoms with E-state index in [9.17, 15) is 9.18 Å². The minimum Gasteiger partial charge on any atom is -0.339 e. The van der Waals surface area contributed by atoms with Crippen LogP contribution >= 0.6 is 11.6 Å². The third-order valence-corrected chi connectivity index (χ3v) is 5.33. The Bertz CT molecular complexity index is 984. The number of rotatable bonds is 5. The third kappa shape index (κ3) is 4.81. The summed E-state index contributed by atoms with van der Waals surface area (Å²) in [6, 6.07) is 13.2. The number of carbonyl (C=O) groups excluding carboxylic acids is 1. The van der Waals surface area contributed by atoms with Crippen LogP contribution in [0.4, 0.5) is 10.1 Å². The van der Waals surface area contributed by atoms with Crippen LogP contribution in [0.3, 0.4) is 0 Å². The highest BCUT2D eigenvalue weighted by Gasteiger charge is 2.26. The van der Waals surface area contributed by atoms with Gasteiger partial charge in [-0.25, -0.2) is 4.39 Å². The number of likely N-dealkylation sites (tertiary alicyclic amines) is 1. The van der Waals surface area contributed by atoms with Crippen molar-refractivity contribution in [2.24, 2.45) is 0 Å². The van der Waals surface area contributed by atoms with Crippen LogP contribution in [0.5, 0.6) is 0 Å². The number of hydrogen-bond acceptors (Lipinski definition) is 5. The first-order chi connectivity index (χ1) is 14.1. The van der Waals surface area contributed by atoms with E-state index < -0.39 is 0 Å². The van der Waals surface area contributed by atoms with E-state index in [4.69, 9.17) is 16.1 Å². The van der Waals surface area contributed by atoms with Crippen molar-refractivity contribution in [3.8, 4) is 11.4 Å². The van der Waals surface area contributed by atoms with Crippen molar-refractivity contribution in [2.45, 2.75) is 18.8 Å². The summed E-state index contributed by atoms with van der Waals surface area (Å²) in [6.07, 6.45) is 1.65. The number of para-hydroxylation sites is 1. The number of hydrogen-bond donors (Lipinski definition) is 1. The van der Waals surface area contributed by atoms with Crippen molar-refractivity contribution < 1.29 is 13.7 Å². The third-order valence-electron chi connectivity index (χ3n) is 5.00. The molecule has 0 bridgehead atoms. The molecule has 1 aliphatic heterocycles. The van der Waals surface area contributed by atoms with Gasteiger partial charge in [-0.1, -0.05) is 28.9 Å². The monoisotopic (exact) mass is 414 g/mol. The van der Waals surface area contributed by atoms with Crippen LogP contribution in [-0.4, -0.2) is 40.6 Å². The Balaban J connectivity index is 1.30. The van der Waals surface area contributed by atoms with Gasteiger partial charge in [-0.3, -0.25) is 9.69 Å². The summed E-state index contributed by atoms with van der Waals surface area (Å²) < 4.78 is 18.5. The molecule has 1 fully saturated rings. The Morgan fingerprint density at radius 3 is 2.62 bits per heavy atom. The van der Waals surface area contributed by atoms with Crippen LogP contribution in [0, 0.1) is 5.82 Å². The Kier molecular flexibility index (Phi) is 5.87. The van der Waals surface area contributed by atoms with E-state index in [2.05, 4.69) is 20.4 Å². The van der Waals surface area contributed by atoms with E-state index in [-0.39, 0.29) is 17.6 Å². The number of carbonyl (C=O) groups is 1. The summed E-state index contributed by atoms with van der Waals surface area (Å²) >= 11 is 6.08. The zero-order valence-electron chi connectivity index (χ0n) is 15.6. The molecule has 1 saturated heterocycles. The fourth-order valence-electron chi connectivity index (χ4n) is 3.41. The summed E-state index contributed by atoms with van der Waals surface area (Å²) in [5, 5.41) is 7.38. The highest BCUT2D eigenvalue weighted by Crippen LogP contribution is 2.28. The summed E-state index contributed by atoms with van der Waals surface area (Å²) in [5.41, 5.74) is 1.34. The van der Waals surface area contributed by atoms with Gasteiger partial charge in [-0.15, -0.1) is 0 Å². The molecule has 3 aromatic rings. The highest BCUT2D eigenvalue weighted by molar-refractivity contribution is 6.33. The van der Waals surface area contributed by atoms with Gasteiger partial charge in [0.15, 0.2) is 0 Å². The first-order valence-electron chi connectivity index (χ1n) is 9.45. The summed E-state index contributed by atoms with van der Waals surface area (Å²) in [4.78, 5) is 18.9. The van der Waals surface area contributed by atoms with Gasteiger partial charge < -0.3 is 9.84 Å². The Morgan fingerprint density at radius 1 is 1.17 bits per heavy atom. The van der Waals surface area contributed by atoms with Crippen molar-refractivity contribution >= 4 is 23.2 Å². The minimum atomic E-state index is -0.302. The Morgan fingerprint density at radius 2 is 1.90 bits per heavy atom. The molecule has 1 aliphatic rings. The molecule has 0 saturated carbocycles. The number of amides is 1. The summed E-state index contributed by atoms with van der Waals surface area (Å²) in [5.74, 6) is 0.807. The maximum atomic E-state index is 13.1. The smallest absolute Gasteiger partial charge is 0.238 e. The zero-order chi connectivity index (χ0) is 20.2. The largest absolute Gasteiger partial charge is 0.339 e. The average Bonchev–Trinajstić information content (AvgIpc) is 3.21. The van der Waals surface area contributed by atoms with Crippen molar-refractivity contribution in [1.29, 1.82) is 0 Å². The molecular formula is C21H20ClFN4O2. The first kappa shape index (κ1) is 19.5. The molecular weight excluding hydrogens is 395 g/mol. The number of anilines is 1. The molecule has 0 aliphatic carbocycles. The van der Waals surface area contributed by atoms with Gasteiger partial charge in [-0.2, -0.15) is 4.98 Å². The highest BCUT2D eigenvalue weighted by atomic mass is 35.5. The number of benzene rings is 2. The van der Waals surface area contributed by atoms with Crippen LogP contribution in [0.2, 0.25) is 5.02 Å².